The van der Waals surface area contributed by atoms with Crippen LogP contribution >= 0.6 is 11.6 Å². The Hall–Kier alpha value is -2.64. The summed E-state index contributed by atoms with van der Waals surface area (Å²) in [5.74, 6) is 1.08. The molecule has 0 amide bonds. The Morgan fingerprint density at radius 3 is 3.04 bits per heavy atom. The number of benzene rings is 1. The predicted octanol–water partition coefficient (Wildman–Crippen LogP) is 2.50. The largest absolute Gasteiger partial charge is 0.374 e. The van der Waals surface area contributed by atoms with Gasteiger partial charge in [-0.15, -0.1) is 0 Å². The Morgan fingerprint density at radius 1 is 1.35 bits per heavy atom. The number of nitrogens with one attached hydrogen (secondary N) is 2. The number of aliphatic hydroxyl groups is 1. The van der Waals surface area contributed by atoms with Gasteiger partial charge < -0.3 is 20.3 Å². The van der Waals surface area contributed by atoms with Gasteiger partial charge in [-0.3, -0.25) is 4.79 Å². The number of aliphatic hydroxyl groups excluding tert-OH is 1. The lowest BCUT2D eigenvalue weighted by Crippen LogP contribution is -2.29. The average Bonchev–Trinajstić information content (AvgIpc) is 3.06. The molecule has 134 valence electrons. The van der Waals surface area contributed by atoms with Crippen LogP contribution in [0.4, 0.5) is 11.8 Å². The van der Waals surface area contributed by atoms with Crippen molar-refractivity contribution in [3.63, 3.8) is 0 Å². The Kier molecular flexibility index (Phi) is 4.48. The Labute approximate surface area is 154 Å². The average molecular weight is 372 g/mol. The van der Waals surface area contributed by atoms with Crippen molar-refractivity contribution in [1.82, 2.24) is 15.0 Å². The first-order valence-corrected chi connectivity index (χ1v) is 8.81. The second-order valence-electron chi connectivity index (χ2n) is 6.26. The number of rotatable bonds is 4. The number of hydrogen-bond donors (Lipinski definition) is 3. The normalized spacial score (nSPS) is 17.0. The van der Waals surface area contributed by atoms with Crippen LogP contribution in [0.2, 0.25) is 5.02 Å². The maximum absolute atomic E-state index is 12.2. The molecule has 4 rings (SSSR count). The number of anilines is 2. The van der Waals surface area contributed by atoms with Gasteiger partial charge in [-0.05, 0) is 43.2 Å². The number of hydrogen-bond acceptors (Lipinski definition) is 6. The summed E-state index contributed by atoms with van der Waals surface area (Å²) in [6.07, 6.45) is 2.80. The molecule has 3 aromatic rings. The summed E-state index contributed by atoms with van der Waals surface area (Å²) in [6.45, 7) is 1.05. The van der Waals surface area contributed by atoms with E-state index in [1.807, 2.05) is 11.0 Å². The first-order chi connectivity index (χ1) is 12.6. The van der Waals surface area contributed by atoms with E-state index in [-0.39, 0.29) is 12.1 Å². The molecular formula is C18H18ClN5O2. The summed E-state index contributed by atoms with van der Waals surface area (Å²) >= 11 is 6.02. The van der Waals surface area contributed by atoms with Gasteiger partial charge >= 0.3 is 0 Å². The zero-order chi connectivity index (χ0) is 18.1. The third-order valence-corrected chi connectivity index (χ3v) is 4.71. The molecule has 0 aliphatic carbocycles. The summed E-state index contributed by atoms with van der Waals surface area (Å²) in [7, 11) is 0. The Morgan fingerprint density at radius 2 is 2.23 bits per heavy atom. The first-order valence-electron chi connectivity index (χ1n) is 8.43. The van der Waals surface area contributed by atoms with Gasteiger partial charge in [0.05, 0.1) is 0 Å². The molecule has 7 nitrogen and oxygen atoms in total. The second kappa shape index (κ2) is 6.93. The third kappa shape index (κ3) is 3.36. The smallest absolute Gasteiger partial charge is 0.253 e. The molecule has 0 spiro atoms. The van der Waals surface area contributed by atoms with E-state index in [1.165, 1.54) is 0 Å². The fourth-order valence-electron chi connectivity index (χ4n) is 3.14. The van der Waals surface area contributed by atoms with E-state index in [0.717, 1.165) is 30.3 Å². The fourth-order valence-corrected chi connectivity index (χ4v) is 3.32. The second-order valence-corrected chi connectivity index (χ2v) is 6.70. The number of nitrogens with zero attached hydrogens (tertiary/aromatic N) is 3. The van der Waals surface area contributed by atoms with E-state index in [2.05, 4.69) is 20.3 Å². The van der Waals surface area contributed by atoms with Crippen molar-refractivity contribution in [2.45, 2.75) is 25.6 Å². The van der Waals surface area contributed by atoms with Crippen molar-refractivity contribution in [3.05, 3.63) is 57.5 Å². The molecule has 1 aromatic carbocycles. The quantitative estimate of drug-likeness (QED) is 0.652. The fraction of sp³-hybridized carbons (Fsp3) is 0.278. The van der Waals surface area contributed by atoms with E-state index in [4.69, 9.17) is 11.6 Å². The maximum atomic E-state index is 12.2. The number of aromatic amines is 1. The SMILES string of the molecule is O=c1[nH]c2ccc(Cl)cc2cc1CNc1nccc(N2CCCC2O)n1. The highest BCUT2D eigenvalue weighted by atomic mass is 35.5. The number of H-pyrrole nitrogens is 1. The zero-order valence-corrected chi connectivity index (χ0v) is 14.7. The molecule has 3 heterocycles. The molecule has 1 aliphatic rings. The van der Waals surface area contributed by atoms with Crippen LogP contribution in [0.5, 0.6) is 0 Å². The summed E-state index contributed by atoms with van der Waals surface area (Å²) in [6, 6.07) is 8.90. The van der Waals surface area contributed by atoms with E-state index < -0.39 is 6.23 Å². The molecule has 1 atom stereocenters. The van der Waals surface area contributed by atoms with Gasteiger partial charge in [0.1, 0.15) is 12.0 Å². The monoisotopic (exact) mass is 371 g/mol. The number of aromatic nitrogens is 3. The molecule has 0 radical (unpaired) electrons. The van der Waals surface area contributed by atoms with Crippen LogP contribution in [0, 0.1) is 0 Å². The molecule has 8 heteroatoms. The van der Waals surface area contributed by atoms with Crippen molar-refractivity contribution in [3.8, 4) is 0 Å². The lowest BCUT2D eigenvalue weighted by atomic mass is 10.1. The highest BCUT2D eigenvalue weighted by Gasteiger charge is 2.23. The minimum Gasteiger partial charge on any atom is -0.374 e. The van der Waals surface area contributed by atoms with Gasteiger partial charge in [0, 0.05) is 40.8 Å². The van der Waals surface area contributed by atoms with Crippen LogP contribution in [-0.4, -0.2) is 32.8 Å². The van der Waals surface area contributed by atoms with E-state index in [0.29, 0.717) is 22.4 Å². The van der Waals surface area contributed by atoms with Crippen molar-refractivity contribution >= 4 is 34.3 Å². The molecule has 1 aliphatic heterocycles. The van der Waals surface area contributed by atoms with E-state index in [9.17, 15) is 9.90 Å². The van der Waals surface area contributed by atoms with Crippen LogP contribution in [0.25, 0.3) is 10.9 Å². The molecule has 26 heavy (non-hydrogen) atoms. The molecule has 2 aromatic heterocycles. The van der Waals surface area contributed by atoms with Crippen LogP contribution in [0.1, 0.15) is 18.4 Å². The van der Waals surface area contributed by atoms with Gasteiger partial charge in [-0.25, -0.2) is 4.98 Å². The van der Waals surface area contributed by atoms with Crippen molar-refractivity contribution < 1.29 is 5.11 Å². The van der Waals surface area contributed by atoms with Crippen molar-refractivity contribution in [1.29, 1.82) is 0 Å². The summed E-state index contributed by atoms with van der Waals surface area (Å²) < 4.78 is 0. The molecule has 1 unspecified atom stereocenters. The molecule has 1 saturated heterocycles. The lowest BCUT2D eigenvalue weighted by Gasteiger charge is -2.21. The van der Waals surface area contributed by atoms with E-state index in [1.54, 1.807) is 30.5 Å². The van der Waals surface area contributed by atoms with Crippen LogP contribution < -0.4 is 15.8 Å². The van der Waals surface area contributed by atoms with Gasteiger partial charge in [-0.1, -0.05) is 11.6 Å². The van der Waals surface area contributed by atoms with Crippen LogP contribution in [0.15, 0.2) is 41.3 Å². The molecular weight excluding hydrogens is 354 g/mol. The van der Waals surface area contributed by atoms with Gasteiger partial charge in [0.2, 0.25) is 5.95 Å². The summed E-state index contributed by atoms with van der Waals surface area (Å²) in [5.41, 5.74) is 1.14. The summed E-state index contributed by atoms with van der Waals surface area (Å²) in [4.78, 5) is 25.6. The molecule has 3 N–H and O–H groups in total. The van der Waals surface area contributed by atoms with Crippen molar-refractivity contribution in [2.24, 2.45) is 0 Å². The van der Waals surface area contributed by atoms with Gasteiger partial charge in [-0.2, -0.15) is 4.98 Å². The molecule has 0 bridgehead atoms. The number of fused-ring (bicyclic) bond motifs is 1. The van der Waals surface area contributed by atoms with Crippen LogP contribution in [-0.2, 0) is 6.54 Å². The van der Waals surface area contributed by atoms with Gasteiger partial charge in [0.25, 0.3) is 5.56 Å². The number of halogens is 1. The highest BCUT2D eigenvalue weighted by molar-refractivity contribution is 6.31. The Bertz CT molecular complexity index is 1010. The lowest BCUT2D eigenvalue weighted by molar-refractivity contribution is 0.185. The van der Waals surface area contributed by atoms with Crippen molar-refractivity contribution in [2.75, 3.05) is 16.8 Å². The number of pyridine rings is 1. The minimum atomic E-state index is -0.508. The minimum absolute atomic E-state index is 0.168. The predicted molar refractivity (Wildman–Crippen MR) is 102 cm³/mol. The Balaban J connectivity index is 1.55. The van der Waals surface area contributed by atoms with E-state index >= 15 is 0 Å². The zero-order valence-electron chi connectivity index (χ0n) is 13.9. The highest BCUT2D eigenvalue weighted by Crippen LogP contribution is 2.22. The first kappa shape index (κ1) is 16.8. The molecule has 0 saturated carbocycles. The third-order valence-electron chi connectivity index (χ3n) is 4.48. The standard InChI is InChI=1S/C18H18ClN5O2/c19-13-3-4-14-11(9-13)8-12(17(26)22-14)10-21-18-20-6-5-15(23-18)24-7-1-2-16(24)25/h3-6,8-9,16,25H,1-2,7,10H2,(H,22,26)(H,20,21,23). The summed E-state index contributed by atoms with van der Waals surface area (Å²) in [5, 5.41) is 14.5. The topological polar surface area (TPSA) is 94.1 Å². The van der Waals surface area contributed by atoms with Gasteiger partial charge in [0.15, 0.2) is 0 Å². The molecule has 1 fully saturated rings. The van der Waals surface area contributed by atoms with Crippen LogP contribution in [0.3, 0.4) is 0 Å². The maximum Gasteiger partial charge on any atom is 0.253 e.